The molecule has 4 fully saturated rings. The first kappa shape index (κ1) is 24.8. The van der Waals surface area contributed by atoms with E-state index in [0.717, 1.165) is 31.1 Å². The molecule has 3 aliphatic carbocycles. The van der Waals surface area contributed by atoms with Gasteiger partial charge in [-0.1, -0.05) is 51.0 Å². The summed E-state index contributed by atoms with van der Waals surface area (Å²) in [5, 5.41) is 15.4. The number of piperidine rings is 1. The van der Waals surface area contributed by atoms with E-state index in [2.05, 4.69) is 34.7 Å². The number of hydrogen-bond donors (Lipinski definition) is 3. The number of hydrogen-bond acceptors (Lipinski definition) is 6. The van der Waals surface area contributed by atoms with Crippen molar-refractivity contribution in [3.05, 3.63) is 36.2 Å². The highest BCUT2D eigenvalue weighted by molar-refractivity contribution is 5.97. The van der Waals surface area contributed by atoms with Gasteiger partial charge in [0, 0.05) is 23.2 Å². The monoisotopic (exact) mass is 518 g/mol. The molecule has 4 amide bonds. The largest absolute Gasteiger partial charge is 0.368 e. The van der Waals surface area contributed by atoms with Crippen LogP contribution >= 0.6 is 0 Å². The summed E-state index contributed by atoms with van der Waals surface area (Å²) in [5.41, 5.74) is 5.91. The SMILES string of the molecule is CC1(C)[C@@H]2[C@@H](C(=O)NC(C(N)=O)c3nncc4ccccc34)N(C(=O)[C@H](CC3CC3)NC(=O)C3CC3)C[C@@H]21. The van der Waals surface area contributed by atoms with Crippen molar-refractivity contribution in [3.63, 3.8) is 0 Å². The van der Waals surface area contributed by atoms with Crippen LogP contribution in [-0.2, 0) is 19.2 Å². The van der Waals surface area contributed by atoms with Crippen LogP contribution in [0.1, 0.15) is 57.7 Å². The number of benzene rings is 1. The number of aromatic nitrogens is 2. The van der Waals surface area contributed by atoms with Crippen molar-refractivity contribution in [1.82, 2.24) is 25.7 Å². The first-order valence-corrected chi connectivity index (χ1v) is 13.6. The summed E-state index contributed by atoms with van der Waals surface area (Å²) in [5.74, 6) is -0.927. The number of nitrogens with zero attached hydrogens (tertiary/aromatic N) is 3. The molecule has 1 unspecified atom stereocenters. The van der Waals surface area contributed by atoms with Crippen LogP contribution in [0.2, 0.25) is 0 Å². The second kappa shape index (κ2) is 9.03. The lowest BCUT2D eigenvalue weighted by atomic mass is 9.98. The number of nitrogens with one attached hydrogen (secondary N) is 2. The summed E-state index contributed by atoms with van der Waals surface area (Å²) in [4.78, 5) is 54.5. The lowest BCUT2D eigenvalue weighted by molar-refractivity contribution is -0.144. The molecule has 1 aromatic heterocycles. The van der Waals surface area contributed by atoms with Crippen molar-refractivity contribution < 1.29 is 19.2 Å². The third-order valence-corrected chi connectivity index (χ3v) is 9.03. The Labute approximate surface area is 221 Å². The molecular formula is C28H34N6O4. The molecule has 0 bridgehead atoms. The van der Waals surface area contributed by atoms with E-state index >= 15 is 0 Å². The maximum absolute atomic E-state index is 13.9. The Morgan fingerprint density at radius 2 is 1.82 bits per heavy atom. The van der Waals surface area contributed by atoms with Crippen molar-refractivity contribution in [2.75, 3.05) is 6.54 Å². The molecule has 0 spiro atoms. The van der Waals surface area contributed by atoms with E-state index in [1.54, 1.807) is 17.2 Å². The summed E-state index contributed by atoms with van der Waals surface area (Å²) in [6.07, 6.45) is 6.00. The minimum atomic E-state index is -1.20. The normalized spacial score (nSPS) is 26.8. The van der Waals surface area contributed by atoms with Gasteiger partial charge in [0.25, 0.3) is 0 Å². The fourth-order valence-electron chi connectivity index (χ4n) is 6.32. The van der Waals surface area contributed by atoms with Gasteiger partial charge in [-0.3, -0.25) is 19.2 Å². The zero-order valence-electron chi connectivity index (χ0n) is 21.7. The zero-order chi connectivity index (χ0) is 26.8. The van der Waals surface area contributed by atoms with Crippen LogP contribution in [0, 0.1) is 29.1 Å². The highest BCUT2D eigenvalue weighted by Gasteiger charge is 2.69. The number of amides is 4. The van der Waals surface area contributed by atoms with Gasteiger partial charge in [0.05, 0.1) is 6.20 Å². The van der Waals surface area contributed by atoms with E-state index in [1.165, 1.54) is 0 Å². The summed E-state index contributed by atoms with van der Waals surface area (Å²) >= 11 is 0. The summed E-state index contributed by atoms with van der Waals surface area (Å²) in [6.45, 7) is 4.65. The Hall–Kier alpha value is -3.56. The molecule has 38 heavy (non-hydrogen) atoms. The molecule has 3 saturated carbocycles. The van der Waals surface area contributed by atoms with Gasteiger partial charge >= 0.3 is 0 Å². The molecule has 4 aliphatic rings. The first-order valence-electron chi connectivity index (χ1n) is 13.6. The van der Waals surface area contributed by atoms with Crippen molar-refractivity contribution in [2.24, 2.45) is 34.8 Å². The lowest BCUT2D eigenvalue weighted by Crippen LogP contribution is -2.57. The number of carbonyl (C=O) groups excluding carboxylic acids is 4. The highest BCUT2D eigenvalue weighted by atomic mass is 16.2. The van der Waals surface area contributed by atoms with Crippen LogP contribution < -0.4 is 16.4 Å². The van der Waals surface area contributed by atoms with E-state index in [0.29, 0.717) is 24.3 Å². The lowest BCUT2D eigenvalue weighted by Gasteiger charge is -2.33. The van der Waals surface area contributed by atoms with Gasteiger partial charge in [-0.25, -0.2) is 0 Å². The predicted octanol–water partition coefficient (Wildman–Crippen LogP) is 1.45. The standard InChI is InChI=1S/C28H34N6O4/c1-28(2)18-13-34(27(38)19(11-14-7-8-14)31-25(36)15-9-10-15)23(20(18)28)26(37)32-22(24(29)35)21-17-6-4-3-5-16(17)12-30-33-21/h3-6,12,14-15,18-20,22-23H,7-11,13H2,1-2H3,(H2,29,35)(H,31,36)(H,32,37)/t18-,19-,20-,22?,23-/m0/s1. The van der Waals surface area contributed by atoms with Gasteiger partial charge < -0.3 is 21.3 Å². The fraction of sp³-hybridized carbons (Fsp3) is 0.571. The molecule has 10 nitrogen and oxygen atoms in total. The van der Waals surface area contributed by atoms with Gasteiger partial charge in [0.15, 0.2) is 6.04 Å². The van der Waals surface area contributed by atoms with Crippen LogP contribution in [-0.4, -0.2) is 57.4 Å². The van der Waals surface area contributed by atoms with E-state index < -0.39 is 29.9 Å². The maximum atomic E-state index is 13.9. The summed E-state index contributed by atoms with van der Waals surface area (Å²) in [6, 6.07) is 4.72. The van der Waals surface area contributed by atoms with E-state index in [9.17, 15) is 19.2 Å². The van der Waals surface area contributed by atoms with Crippen LogP contribution in [0.4, 0.5) is 0 Å². The van der Waals surface area contributed by atoms with E-state index in [-0.39, 0.29) is 40.7 Å². The molecule has 2 heterocycles. The molecular weight excluding hydrogens is 484 g/mol. The highest BCUT2D eigenvalue weighted by Crippen LogP contribution is 2.65. The Kier molecular flexibility index (Phi) is 5.88. The van der Waals surface area contributed by atoms with Crippen LogP contribution in [0.3, 0.4) is 0 Å². The molecule has 1 saturated heterocycles. The third kappa shape index (κ3) is 4.39. The molecule has 1 aromatic carbocycles. The van der Waals surface area contributed by atoms with Crippen molar-refractivity contribution in [1.29, 1.82) is 0 Å². The quantitative estimate of drug-likeness (QED) is 0.458. The summed E-state index contributed by atoms with van der Waals surface area (Å²) in [7, 11) is 0. The number of fused-ring (bicyclic) bond motifs is 2. The zero-order valence-corrected chi connectivity index (χ0v) is 21.7. The molecule has 6 rings (SSSR count). The summed E-state index contributed by atoms with van der Waals surface area (Å²) < 4.78 is 0. The smallest absolute Gasteiger partial charge is 0.246 e. The maximum Gasteiger partial charge on any atom is 0.246 e. The van der Waals surface area contributed by atoms with Crippen LogP contribution in [0.15, 0.2) is 30.5 Å². The average molecular weight is 519 g/mol. The molecule has 200 valence electrons. The van der Waals surface area contributed by atoms with Gasteiger partial charge in [-0.05, 0) is 42.4 Å². The minimum absolute atomic E-state index is 0.00681. The number of likely N-dealkylation sites (tertiary alicyclic amines) is 1. The minimum Gasteiger partial charge on any atom is -0.368 e. The van der Waals surface area contributed by atoms with Gasteiger partial charge in [0.2, 0.25) is 23.6 Å². The third-order valence-electron chi connectivity index (χ3n) is 9.03. The number of nitrogens with two attached hydrogens (primary N) is 1. The Balaban J connectivity index is 1.26. The second-order valence-electron chi connectivity index (χ2n) is 12.1. The Morgan fingerprint density at radius 3 is 2.50 bits per heavy atom. The fourth-order valence-corrected chi connectivity index (χ4v) is 6.32. The number of carbonyl (C=O) groups is 4. The van der Waals surface area contributed by atoms with Crippen molar-refractivity contribution >= 4 is 34.4 Å². The molecule has 5 atom stereocenters. The molecule has 10 heteroatoms. The number of primary amides is 1. The molecule has 4 N–H and O–H groups in total. The first-order chi connectivity index (χ1) is 18.2. The topological polar surface area (TPSA) is 147 Å². The number of rotatable bonds is 9. The van der Waals surface area contributed by atoms with Crippen molar-refractivity contribution in [2.45, 2.75) is 64.1 Å². The van der Waals surface area contributed by atoms with E-state index in [1.807, 2.05) is 18.2 Å². The van der Waals surface area contributed by atoms with Crippen LogP contribution in [0.25, 0.3) is 10.8 Å². The van der Waals surface area contributed by atoms with Gasteiger partial charge in [-0.15, -0.1) is 0 Å². The van der Waals surface area contributed by atoms with Crippen LogP contribution in [0.5, 0.6) is 0 Å². The Morgan fingerprint density at radius 1 is 1.08 bits per heavy atom. The molecule has 1 aliphatic heterocycles. The van der Waals surface area contributed by atoms with Gasteiger partial charge in [0.1, 0.15) is 17.8 Å². The molecule has 0 radical (unpaired) electrons. The Bertz CT molecular complexity index is 1310. The van der Waals surface area contributed by atoms with E-state index in [4.69, 9.17) is 5.73 Å². The predicted molar refractivity (Wildman–Crippen MR) is 138 cm³/mol. The second-order valence-corrected chi connectivity index (χ2v) is 12.1. The average Bonchev–Trinajstić information content (AvgIpc) is 3.83. The molecule has 2 aromatic rings. The van der Waals surface area contributed by atoms with Gasteiger partial charge in [-0.2, -0.15) is 10.2 Å². The van der Waals surface area contributed by atoms with Crippen molar-refractivity contribution in [3.8, 4) is 0 Å².